The number of allylic oxidation sites excluding steroid dienone is 2. The molecule has 0 aliphatic rings. The highest BCUT2D eigenvalue weighted by atomic mass is 31.2. The van der Waals surface area contributed by atoms with Gasteiger partial charge in [-0.25, -0.2) is 0 Å². The zero-order valence-corrected chi connectivity index (χ0v) is 10.8. The van der Waals surface area contributed by atoms with Gasteiger partial charge in [-0.2, -0.15) is 0 Å². The summed E-state index contributed by atoms with van der Waals surface area (Å²) in [6.07, 6.45) is 3.80. The molecule has 0 spiro atoms. The van der Waals surface area contributed by atoms with E-state index in [4.69, 9.17) is 9.05 Å². The van der Waals surface area contributed by atoms with Crippen LogP contribution in [0.2, 0.25) is 0 Å². The van der Waals surface area contributed by atoms with Gasteiger partial charge < -0.3 is 0 Å². The van der Waals surface area contributed by atoms with Crippen LogP contribution in [-0.2, 0) is 13.6 Å². The summed E-state index contributed by atoms with van der Waals surface area (Å²) in [6, 6.07) is 0. The van der Waals surface area contributed by atoms with Gasteiger partial charge in [-0.3, -0.25) is 13.6 Å². The van der Waals surface area contributed by atoms with Crippen LogP contribution in [0.3, 0.4) is 0 Å². The molecule has 3 nitrogen and oxygen atoms in total. The zero-order valence-electron chi connectivity index (χ0n) is 9.95. The van der Waals surface area contributed by atoms with Gasteiger partial charge in [-0.1, -0.05) is 24.0 Å². The Kier molecular flexibility index (Phi) is 8.68. The van der Waals surface area contributed by atoms with Crippen LogP contribution in [0.25, 0.3) is 0 Å². The van der Waals surface area contributed by atoms with Crippen LogP contribution in [0, 0.1) is 23.7 Å². The summed E-state index contributed by atoms with van der Waals surface area (Å²) < 4.78 is 22.4. The fraction of sp³-hybridized carbons (Fsp3) is 0.500. The van der Waals surface area contributed by atoms with Gasteiger partial charge >= 0.3 is 7.60 Å². The van der Waals surface area contributed by atoms with Crippen molar-refractivity contribution in [3.8, 4) is 23.7 Å². The van der Waals surface area contributed by atoms with Crippen LogP contribution in [0.5, 0.6) is 0 Å². The van der Waals surface area contributed by atoms with E-state index in [0.29, 0.717) is 0 Å². The normalized spacial score (nSPS) is 10.4. The Bertz CT molecular complexity index is 349. The number of rotatable bonds is 6. The third kappa shape index (κ3) is 7.32. The lowest BCUT2D eigenvalue weighted by atomic mass is 10.6. The topological polar surface area (TPSA) is 35.5 Å². The Labute approximate surface area is 97.8 Å². The Morgan fingerprint density at radius 2 is 1.62 bits per heavy atom. The maximum atomic E-state index is 12.1. The molecule has 88 valence electrons. The van der Waals surface area contributed by atoms with Crippen molar-refractivity contribution in [1.29, 1.82) is 0 Å². The van der Waals surface area contributed by atoms with Crippen LogP contribution < -0.4 is 0 Å². The molecule has 0 aromatic carbocycles. The van der Waals surface area contributed by atoms with E-state index in [1.165, 1.54) is 0 Å². The lowest BCUT2D eigenvalue weighted by molar-refractivity contribution is 0.245. The summed E-state index contributed by atoms with van der Waals surface area (Å²) in [5.74, 6) is 10.7. The minimum atomic E-state index is -3.09. The summed E-state index contributed by atoms with van der Waals surface area (Å²) >= 11 is 0. The van der Waals surface area contributed by atoms with Crippen molar-refractivity contribution in [3.63, 3.8) is 0 Å². The fourth-order valence-corrected chi connectivity index (χ4v) is 2.06. The molecule has 0 aliphatic heterocycles. The first-order valence-electron chi connectivity index (χ1n) is 4.97. The smallest absolute Gasteiger partial charge is 0.295 e. The van der Waals surface area contributed by atoms with Crippen LogP contribution in [0.15, 0.2) is 12.2 Å². The summed E-state index contributed by atoms with van der Waals surface area (Å²) in [5, 5.41) is 0. The molecule has 0 heterocycles. The summed E-state index contributed by atoms with van der Waals surface area (Å²) in [6.45, 7) is 5.48. The first-order valence-corrected chi connectivity index (χ1v) is 6.70. The molecule has 0 atom stereocenters. The monoisotopic (exact) mass is 240 g/mol. The molecule has 0 radical (unpaired) electrons. The van der Waals surface area contributed by atoms with Crippen LogP contribution in [0.4, 0.5) is 0 Å². The molecule has 0 bridgehead atoms. The van der Waals surface area contributed by atoms with Crippen LogP contribution in [0.1, 0.15) is 20.8 Å². The van der Waals surface area contributed by atoms with E-state index in [2.05, 4.69) is 23.7 Å². The first kappa shape index (κ1) is 15.0. The first-order chi connectivity index (χ1) is 7.68. The third-order valence-electron chi connectivity index (χ3n) is 1.59. The van der Waals surface area contributed by atoms with E-state index < -0.39 is 7.60 Å². The second-order valence-corrected chi connectivity index (χ2v) is 4.87. The van der Waals surface area contributed by atoms with Crippen LogP contribution >= 0.6 is 7.60 Å². The molecule has 0 fully saturated rings. The van der Waals surface area contributed by atoms with Gasteiger partial charge in [0.25, 0.3) is 0 Å². The number of hydrogen-bond acceptors (Lipinski definition) is 3. The van der Waals surface area contributed by atoms with Crippen LogP contribution in [-0.4, -0.2) is 19.4 Å². The Balaban J connectivity index is 4.36. The molecule has 0 N–H and O–H groups in total. The van der Waals surface area contributed by atoms with Crippen molar-refractivity contribution in [2.24, 2.45) is 0 Å². The van der Waals surface area contributed by atoms with Crippen molar-refractivity contribution in [1.82, 2.24) is 0 Å². The molecule has 0 aliphatic carbocycles. The molecule has 0 aromatic heterocycles. The van der Waals surface area contributed by atoms with E-state index in [9.17, 15) is 4.57 Å². The maximum Gasteiger partial charge on any atom is 0.336 e. The van der Waals surface area contributed by atoms with Gasteiger partial charge in [0.05, 0.1) is 6.16 Å². The fourth-order valence-electron chi connectivity index (χ4n) is 0.783. The largest absolute Gasteiger partial charge is 0.336 e. The standard InChI is InChI=1S/C12H17O3P/c1-4-7-10-14-16(13,12-9-6-3)15-11-8-5-2/h6,9H,10-12H2,1-3H3. The molecule has 0 aromatic rings. The molecule has 4 heteroatoms. The predicted molar refractivity (Wildman–Crippen MR) is 66.1 cm³/mol. The van der Waals surface area contributed by atoms with Gasteiger partial charge in [-0.15, -0.1) is 11.8 Å². The summed E-state index contributed by atoms with van der Waals surface area (Å²) in [4.78, 5) is 0. The van der Waals surface area contributed by atoms with E-state index in [1.54, 1.807) is 26.0 Å². The second kappa shape index (κ2) is 9.25. The third-order valence-corrected chi connectivity index (χ3v) is 3.29. The quantitative estimate of drug-likeness (QED) is 0.407. The van der Waals surface area contributed by atoms with Crippen molar-refractivity contribution in [3.05, 3.63) is 12.2 Å². The summed E-state index contributed by atoms with van der Waals surface area (Å²) in [7, 11) is -3.09. The molecule has 16 heavy (non-hydrogen) atoms. The zero-order chi connectivity index (χ0) is 12.3. The molecular formula is C12H17O3P. The van der Waals surface area contributed by atoms with Crippen molar-refractivity contribution in [2.45, 2.75) is 20.8 Å². The van der Waals surface area contributed by atoms with Crippen molar-refractivity contribution < 1.29 is 13.6 Å². The average molecular weight is 240 g/mol. The van der Waals surface area contributed by atoms with Gasteiger partial charge in [0, 0.05) is 0 Å². The molecular weight excluding hydrogens is 223 g/mol. The Hall–Kier alpha value is -0.990. The van der Waals surface area contributed by atoms with Crippen molar-refractivity contribution in [2.75, 3.05) is 19.4 Å². The molecule has 0 saturated heterocycles. The van der Waals surface area contributed by atoms with Gasteiger partial charge in [0.1, 0.15) is 13.2 Å². The molecule has 0 amide bonds. The second-order valence-electron chi connectivity index (χ2n) is 2.76. The maximum absolute atomic E-state index is 12.1. The van der Waals surface area contributed by atoms with E-state index in [-0.39, 0.29) is 19.4 Å². The lowest BCUT2D eigenvalue weighted by Gasteiger charge is -2.13. The highest BCUT2D eigenvalue weighted by molar-refractivity contribution is 7.54. The highest BCUT2D eigenvalue weighted by Gasteiger charge is 2.21. The minimum absolute atomic E-state index is 0.116. The van der Waals surface area contributed by atoms with E-state index in [0.717, 1.165) is 0 Å². The molecule has 0 saturated carbocycles. The minimum Gasteiger partial charge on any atom is -0.295 e. The molecule has 0 rings (SSSR count). The van der Waals surface area contributed by atoms with Gasteiger partial charge in [0.15, 0.2) is 0 Å². The lowest BCUT2D eigenvalue weighted by Crippen LogP contribution is -1.99. The van der Waals surface area contributed by atoms with Crippen molar-refractivity contribution >= 4 is 7.60 Å². The number of hydrogen-bond donors (Lipinski definition) is 0. The predicted octanol–water partition coefficient (Wildman–Crippen LogP) is 2.84. The Morgan fingerprint density at radius 1 is 1.12 bits per heavy atom. The SMILES string of the molecule is CC#CCOP(=O)(CC=CC)OCC#CC. The van der Waals surface area contributed by atoms with Gasteiger partial charge in [-0.05, 0) is 20.8 Å². The molecule has 0 unspecified atom stereocenters. The average Bonchev–Trinajstić information content (AvgIpc) is 2.27. The van der Waals surface area contributed by atoms with E-state index >= 15 is 0 Å². The highest BCUT2D eigenvalue weighted by Crippen LogP contribution is 2.47. The Morgan fingerprint density at radius 3 is 2.00 bits per heavy atom. The van der Waals surface area contributed by atoms with Gasteiger partial charge in [0.2, 0.25) is 0 Å². The van der Waals surface area contributed by atoms with E-state index in [1.807, 2.05) is 6.92 Å². The summed E-state index contributed by atoms with van der Waals surface area (Å²) in [5.41, 5.74) is 0.